The third-order valence-electron chi connectivity index (χ3n) is 1.25. The largest absolute Gasteiger partial charge is 0.464 e. The summed E-state index contributed by atoms with van der Waals surface area (Å²) in [5.74, 6) is 5.06. The molecule has 0 saturated heterocycles. The highest BCUT2D eigenvalue weighted by Gasteiger charge is 2.22. The molecule has 1 rings (SSSR count). The molecule has 1 aliphatic rings. The Morgan fingerprint density at radius 1 is 1.92 bits per heavy atom. The van der Waals surface area contributed by atoms with Crippen LogP contribution in [0.4, 0.5) is 4.79 Å². The van der Waals surface area contributed by atoms with Gasteiger partial charge in [-0.3, -0.25) is 5.84 Å². The molecule has 4 N–H and O–H groups in total. The first-order chi connectivity index (χ1) is 5.65. The summed E-state index contributed by atoms with van der Waals surface area (Å²) in [7, 11) is 0. The number of carbonyl (C=O) groups is 1. The van der Waals surface area contributed by atoms with E-state index in [4.69, 9.17) is 22.6 Å². The minimum atomic E-state index is -1.22. The fraction of sp³-hybridized carbons (Fsp3) is 0.200. The van der Waals surface area contributed by atoms with Crippen LogP contribution in [0, 0.1) is 0 Å². The van der Waals surface area contributed by atoms with Crippen LogP contribution in [0.25, 0.3) is 0 Å². The van der Waals surface area contributed by atoms with Crippen molar-refractivity contribution in [2.24, 2.45) is 10.9 Å². The summed E-state index contributed by atoms with van der Waals surface area (Å²) in [6.45, 7) is 0. The molecule has 1 amide bonds. The highest BCUT2D eigenvalue weighted by Crippen LogP contribution is 2.07. The number of halogens is 1. The molecule has 1 heterocycles. The van der Waals surface area contributed by atoms with Crippen LogP contribution >= 0.6 is 11.6 Å². The molecule has 0 aromatic carbocycles. The van der Waals surface area contributed by atoms with E-state index in [0.29, 0.717) is 0 Å². The first-order valence-corrected chi connectivity index (χ1v) is 3.43. The Hall–Kier alpha value is -1.11. The molecule has 0 radical (unpaired) electrons. The van der Waals surface area contributed by atoms with Crippen molar-refractivity contribution in [3.8, 4) is 0 Å². The molecule has 0 aromatic rings. The maximum Gasteiger partial charge on any atom is 0.429 e. The van der Waals surface area contributed by atoms with Gasteiger partial charge in [-0.15, -0.1) is 0 Å². The van der Waals surface area contributed by atoms with E-state index in [9.17, 15) is 4.79 Å². The normalized spacial score (nSPS) is 22.3. The second-order valence-corrected chi connectivity index (χ2v) is 2.41. The summed E-state index contributed by atoms with van der Waals surface area (Å²) >= 11 is 5.47. The lowest BCUT2D eigenvalue weighted by molar-refractivity contribution is 0.128. The third kappa shape index (κ3) is 1.73. The van der Waals surface area contributed by atoms with Gasteiger partial charge in [-0.05, 0) is 12.2 Å². The fourth-order valence-electron chi connectivity index (χ4n) is 0.738. The number of allylic oxidation sites excluding steroid dienone is 1. The Kier molecular flexibility index (Phi) is 2.64. The number of carboxylic acid groups (broad SMARTS) is 1. The molecule has 1 aliphatic heterocycles. The van der Waals surface area contributed by atoms with Gasteiger partial charge in [0.25, 0.3) is 0 Å². The van der Waals surface area contributed by atoms with Gasteiger partial charge < -0.3 is 5.11 Å². The predicted molar refractivity (Wildman–Crippen MR) is 43.4 cm³/mol. The SMILES string of the molecule is NNC1C=CC(Cl)=NN1C(=O)O. The Balaban J connectivity index is 2.81. The Labute approximate surface area is 73.2 Å². The Morgan fingerprint density at radius 3 is 3.08 bits per heavy atom. The van der Waals surface area contributed by atoms with Gasteiger partial charge >= 0.3 is 6.09 Å². The van der Waals surface area contributed by atoms with Crippen molar-refractivity contribution < 1.29 is 9.90 Å². The maximum atomic E-state index is 10.5. The van der Waals surface area contributed by atoms with Crippen LogP contribution in [0.3, 0.4) is 0 Å². The van der Waals surface area contributed by atoms with Gasteiger partial charge in [0.2, 0.25) is 0 Å². The predicted octanol–water partition coefficient (Wildman–Crippen LogP) is -0.122. The molecule has 6 nitrogen and oxygen atoms in total. The van der Waals surface area contributed by atoms with Gasteiger partial charge in [0.1, 0.15) is 11.3 Å². The summed E-state index contributed by atoms with van der Waals surface area (Å²) in [6, 6.07) is 0. The number of nitrogens with one attached hydrogen (secondary N) is 1. The molecule has 0 spiro atoms. The summed E-state index contributed by atoms with van der Waals surface area (Å²) in [6.07, 6.45) is 1.07. The van der Waals surface area contributed by atoms with Crippen molar-refractivity contribution in [3.05, 3.63) is 12.2 Å². The highest BCUT2D eigenvalue weighted by molar-refractivity contribution is 6.68. The lowest BCUT2D eigenvalue weighted by atomic mass is 10.4. The van der Waals surface area contributed by atoms with Crippen molar-refractivity contribution in [1.82, 2.24) is 10.4 Å². The van der Waals surface area contributed by atoms with Crippen LogP contribution in [0.5, 0.6) is 0 Å². The number of nitrogens with two attached hydrogens (primary N) is 1. The average molecular weight is 191 g/mol. The molecular formula is C5H7ClN4O2. The maximum absolute atomic E-state index is 10.5. The molecule has 0 aromatic heterocycles. The van der Waals surface area contributed by atoms with Crippen molar-refractivity contribution >= 4 is 22.9 Å². The fourth-order valence-corrected chi connectivity index (χ4v) is 0.893. The minimum Gasteiger partial charge on any atom is -0.464 e. The lowest BCUT2D eigenvalue weighted by Gasteiger charge is -2.23. The number of hydrogen-bond donors (Lipinski definition) is 3. The average Bonchev–Trinajstić information content (AvgIpc) is 2.04. The highest BCUT2D eigenvalue weighted by atomic mass is 35.5. The van der Waals surface area contributed by atoms with Gasteiger partial charge in [0, 0.05) is 0 Å². The van der Waals surface area contributed by atoms with Crippen molar-refractivity contribution in [2.45, 2.75) is 6.17 Å². The van der Waals surface area contributed by atoms with E-state index in [-0.39, 0.29) is 5.17 Å². The number of amides is 1. The van der Waals surface area contributed by atoms with E-state index in [0.717, 1.165) is 5.01 Å². The van der Waals surface area contributed by atoms with E-state index in [1.54, 1.807) is 0 Å². The van der Waals surface area contributed by atoms with E-state index in [2.05, 4.69) is 10.5 Å². The van der Waals surface area contributed by atoms with Gasteiger partial charge in [0.15, 0.2) is 0 Å². The topological polar surface area (TPSA) is 91.0 Å². The van der Waals surface area contributed by atoms with Gasteiger partial charge in [0.05, 0.1) is 0 Å². The molecule has 12 heavy (non-hydrogen) atoms. The zero-order chi connectivity index (χ0) is 9.14. The second kappa shape index (κ2) is 3.53. The standard InChI is InChI=1S/C5H7ClN4O2/c6-3-1-2-4(8-7)10(9-3)5(11)12/h1-2,4,8H,7H2,(H,11,12). The number of hydrazine groups is 1. The molecule has 7 heteroatoms. The minimum absolute atomic E-state index is 0.101. The molecule has 66 valence electrons. The van der Waals surface area contributed by atoms with E-state index >= 15 is 0 Å². The summed E-state index contributed by atoms with van der Waals surface area (Å²) in [4.78, 5) is 10.5. The number of nitrogens with zero attached hydrogens (tertiary/aromatic N) is 2. The molecule has 0 aliphatic carbocycles. The first-order valence-electron chi connectivity index (χ1n) is 3.05. The van der Waals surface area contributed by atoms with Crippen LogP contribution in [-0.2, 0) is 0 Å². The zero-order valence-electron chi connectivity index (χ0n) is 5.94. The third-order valence-corrected chi connectivity index (χ3v) is 1.45. The smallest absolute Gasteiger partial charge is 0.429 e. The molecule has 1 unspecified atom stereocenters. The lowest BCUT2D eigenvalue weighted by Crippen LogP contribution is -2.48. The van der Waals surface area contributed by atoms with Crippen LogP contribution in [0.2, 0.25) is 0 Å². The molecule has 0 bridgehead atoms. The molecule has 0 saturated carbocycles. The molecular weight excluding hydrogens is 184 g/mol. The first kappa shape index (κ1) is 8.98. The number of rotatable bonds is 1. The van der Waals surface area contributed by atoms with E-state index in [1.807, 2.05) is 0 Å². The van der Waals surface area contributed by atoms with Crippen LogP contribution in [0.1, 0.15) is 0 Å². The van der Waals surface area contributed by atoms with E-state index < -0.39 is 12.3 Å². The Morgan fingerprint density at radius 2 is 2.58 bits per heavy atom. The van der Waals surface area contributed by atoms with E-state index in [1.165, 1.54) is 12.2 Å². The summed E-state index contributed by atoms with van der Waals surface area (Å²) in [5, 5.41) is 12.9. The molecule has 1 atom stereocenters. The number of hydrogen-bond acceptors (Lipinski definition) is 4. The monoisotopic (exact) mass is 190 g/mol. The van der Waals surface area contributed by atoms with Crippen molar-refractivity contribution in [3.63, 3.8) is 0 Å². The van der Waals surface area contributed by atoms with Crippen molar-refractivity contribution in [2.75, 3.05) is 0 Å². The Bertz CT molecular complexity index is 252. The summed E-state index contributed by atoms with van der Waals surface area (Å²) in [5.41, 5.74) is 2.25. The summed E-state index contributed by atoms with van der Waals surface area (Å²) < 4.78 is 0. The quantitative estimate of drug-likeness (QED) is 0.397. The second-order valence-electron chi connectivity index (χ2n) is 2.02. The number of hydrazone groups is 1. The van der Waals surface area contributed by atoms with Gasteiger partial charge in [-0.1, -0.05) is 11.6 Å². The van der Waals surface area contributed by atoms with Crippen LogP contribution in [-0.4, -0.2) is 27.5 Å². The zero-order valence-corrected chi connectivity index (χ0v) is 6.69. The van der Waals surface area contributed by atoms with Gasteiger partial charge in [-0.2, -0.15) is 10.1 Å². The molecule has 0 fully saturated rings. The van der Waals surface area contributed by atoms with Crippen LogP contribution in [0.15, 0.2) is 17.3 Å². The van der Waals surface area contributed by atoms with Gasteiger partial charge in [-0.25, -0.2) is 10.2 Å². The van der Waals surface area contributed by atoms with Crippen molar-refractivity contribution in [1.29, 1.82) is 0 Å². The van der Waals surface area contributed by atoms with Crippen LogP contribution < -0.4 is 11.3 Å².